The molecule has 30 heavy (non-hydrogen) atoms. The monoisotopic (exact) mass is 428 g/mol. The number of hydrogen-bond donors (Lipinski definition) is 0. The van der Waals surface area contributed by atoms with Crippen LogP contribution in [0.5, 0.6) is 11.5 Å². The SMILES string of the molecule is COc1ccc(OC)c([C@@H]2CCCN2Cn2nc(-c3ccccc3F)n(C)c2=S)c1. The third-order valence-electron chi connectivity index (χ3n) is 5.63. The van der Waals surface area contributed by atoms with E-state index in [4.69, 9.17) is 21.7 Å². The molecule has 0 spiro atoms. The molecule has 158 valence electrons. The van der Waals surface area contributed by atoms with Gasteiger partial charge in [0, 0.05) is 25.2 Å². The van der Waals surface area contributed by atoms with E-state index in [1.807, 2.05) is 25.2 Å². The van der Waals surface area contributed by atoms with Gasteiger partial charge in [-0.05, 0) is 55.4 Å². The summed E-state index contributed by atoms with van der Waals surface area (Å²) >= 11 is 5.61. The fourth-order valence-electron chi connectivity index (χ4n) is 4.08. The molecule has 1 aliphatic heterocycles. The molecular formula is C22H25FN4O2S. The molecule has 2 heterocycles. The van der Waals surface area contributed by atoms with Crippen LogP contribution in [0, 0.1) is 10.6 Å². The highest BCUT2D eigenvalue weighted by molar-refractivity contribution is 7.71. The zero-order valence-corrected chi connectivity index (χ0v) is 18.2. The molecule has 1 fully saturated rings. The highest BCUT2D eigenvalue weighted by Crippen LogP contribution is 2.39. The lowest BCUT2D eigenvalue weighted by atomic mass is 10.0. The quantitative estimate of drug-likeness (QED) is 0.538. The number of likely N-dealkylation sites (tertiary alicyclic amines) is 1. The predicted molar refractivity (Wildman–Crippen MR) is 116 cm³/mol. The van der Waals surface area contributed by atoms with Crippen LogP contribution in [0.15, 0.2) is 42.5 Å². The van der Waals surface area contributed by atoms with Crippen molar-refractivity contribution >= 4 is 12.2 Å². The van der Waals surface area contributed by atoms with Crippen molar-refractivity contribution in [2.45, 2.75) is 25.6 Å². The summed E-state index contributed by atoms with van der Waals surface area (Å²) in [6.07, 6.45) is 2.06. The fraction of sp³-hybridized carbons (Fsp3) is 0.364. The van der Waals surface area contributed by atoms with Crippen molar-refractivity contribution in [1.29, 1.82) is 0 Å². The van der Waals surface area contributed by atoms with Gasteiger partial charge in [0.2, 0.25) is 0 Å². The van der Waals surface area contributed by atoms with E-state index in [2.05, 4.69) is 10.00 Å². The van der Waals surface area contributed by atoms with E-state index in [0.717, 1.165) is 36.4 Å². The molecule has 0 radical (unpaired) electrons. The topological polar surface area (TPSA) is 44.5 Å². The van der Waals surface area contributed by atoms with Gasteiger partial charge in [-0.1, -0.05) is 12.1 Å². The number of halogens is 1. The molecule has 0 bridgehead atoms. The largest absolute Gasteiger partial charge is 0.497 e. The Morgan fingerprint density at radius 1 is 1.17 bits per heavy atom. The van der Waals surface area contributed by atoms with E-state index < -0.39 is 0 Å². The maximum atomic E-state index is 14.3. The standard InChI is InChI=1S/C22H25FN4O2S/c1-25-21(16-7-4-5-8-18(16)23)24-27(22(25)30)14-26-12-6-9-19(26)17-13-15(28-2)10-11-20(17)29-3/h4-5,7-8,10-11,13,19H,6,9,12,14H2,1-3H3/t19-/m0/s1. The zero-order chi connectivity index (χ0) is 21.3. The summed E-state index contributed by atoms with van der Waals surface area (Å²) in [6.45, 7) is 1.44. The van der Waals surface area contributed by atoms with Gasteiger partial charge in [0.25, 0.3) is 0 Å². The average Bonchev–Trinajstić information content (AvgIpc) is 3.34. The molecule has 3 aromatic rings. The van der Waals surface area contributed by atoms with Crippen LogP contribution in [0.1, 0.15) is 24.4 Å². The number of methoxy groups -OCH3 is 2. The van der Waals surface area contributed by atoms with Crippen LogP contribution in [0.25, 0.3) is 11.4 Å². The maximum Gasteiger partial charge on any atom is 0.199 e. The van der Waals surface area contributed by atoms with Gasteiger partial charge in [-0.25, -0.2) is 9.07 Å². The minimum Gasteiger partial charge on any atom is -0.497 e. The summed E-state index contributed by atoms with van der Waals surface area (Å²) in [6, 6.07) is 12.7. The predicted octanol–water partition coefficient (Wildman–Crippen LogP) is 4.57. The van der Waals surface area contributed by atoms with Crippen molar-refractivity contribution in [2.24, 2.45) is 7.05 Å². The lowest BCUT2D eigenvalue weighted by Crippen LogP contribution is -2.27. The summed E-state index contributed by atoms with van der Waals surface area (Å²) in [5.74, 6) is 1.85. The Labute approximate surface area is 180 Å². The number of rotatable bonds is 6. The smallest absolute Gasteiger partial charge is 0.199 e. The van der Waals surface area contributed by atoms with Crippen LogP contribution in [-0.2, 0) is 13.7 Å². The van der Waals surface area contributed by atoms with Gasteiger partial charge in [0.15, 0.2) is 10.6 Å². The fourth-order valence-corrected chi connectivity index (χ4v) is 4.26. The van der Waals surface area contributed by atoms with Crippen LogP contribution in [0.3, 0.4) is 0 Å². The summed E-state index contributed by atoms with van der Waals surface area (Å²) in [5.41, 5.74) is 1.53. The average molecular weight is 429 g/mol. The Morgan fingerprint density at radius 3 is 2.70 bits per heavy atom. The second kappa shape index (κ2) is 8.57. The number of ether oxygens (including phenoxy) is 2. The van der Waals surface area contributed by atoms with E-state index in [1.165, 1.54) is 6.07 Å². The van der Waals surface area contributed by atoms with Crippen molar-refractivity contribution in [3.63, 3.8) is 0 Å². The second-order valence-electron chi connectivity index (χ2n) is 7.36. The van der Waals surface area contributed by atoms with E-state index in [-0.39, 0.29) is 11.9 Å². The van der Waals surface area contributed by atoms with Gasteiger partial charge >= 0.3 is 0 Å². The van der Waals surface area contributed by atoms with E-state index in [0.29, 0.717) is 22.8 Å². The van der Waals surface area contributed by atoms with Crippen molar-refractivity contribution in [3.05, 3.63) is 58.6 Å². The molecule has 6 nitrogen and oxygen atoms in total. The van der Waals surface area contributed by atoms with Gasteiger partial charge < -0.3 is 14.0 Å². The van der Waals surface area contributed by atoms with E-state index >= 15 is 0 Å². The third kappa shape index (κ3) is 3.73. The van der Waals surface area contributed by atoms with Crippen molar-refractivity contribution in [1.82, 2.24) is 19.2 Å². The normalized spacial score (nSPS) is 16.7. The van der Waals surface area contributed by atoms with E-state index in [9.17, 15) is 4.39 Å². The molecule has 1 saturated heterocycles. The lowest BCUT2D eigenvalue weighted by Gasteiger charge is -2.26. The summed E-state index contributed by atoms with van der Waals surface area (Å²) in [5, 5.41) is 4.65. The first kappa shape index (κ1) is 20.6. The molecule has 0 aliphatic carbocycles. The molecule has 1 aliphatic rings. The second-order valence-corrected chi connectivity index (χ2v) is 7.73. The molecule has 0 saturated carbocycles. The Kier molecular flexibility index (Phi) is 5.87. The van der Waals surface area contributed by atoms with Gasteiger partial charge in [-0.2, -0.15) is 5.10 Å². The Bertz CT molecular complexity index is 1110. The van der Waals surface area contributed by atoms with Crippen LogP contribution >= 0.6 is 12.2 Å². The highest BCUT2D eigenvalue weighted by Gasteiger charge is 2.29. The molecular weight excluding hydrogens is 403 g/mol. The van der Waals surface area contributed by atoms with E-state index in [1.54, 1.807) is 41.7 Å². The first-order chi connectivity index (χ1) is 14.5. The third-order valence-corrected chi connectivity index (χ3v) is 6.12. The zero-order valence-electron chi connectivity index (χ0n) is 17.3. The molecule has 0 unspecified atom stereocenters. The molecule has 0 N–H and O–H groups in total. The van der Waals surface area contributed by atoms with Gasteiger partial charge in [-0.3, -0.25) is 4.90 Å². The Balaban J connectivity index is 1.66. The molecule has 1 atom stereocenters. The number of nitrogens with zero attached hydrogens (tertiary/aromatic N) is 4. The number of benzene rings is 2. The first-order valence-corrected chi connectivity index (χ1v) is 10.3. The molecule has 1 aromatic heterocycles. The van der Waals surface area contributed by atoms with Crippen LogP contribution in [-0.4, -0.2) is 40.0 Å². The van der Waals surface area contributed by atoms with Crippen LogP contribution in [0.2, 0.25) is 0 Å². The van der Waals surface area contributed by atoms with Crippen molar-refractivity contribution in [2.75, 3.05) is 20.8 Å². The van der Waals surface area contributed by atoms with Crippen LogP contribution < -0.4 is 9.47 Å². The van der Waals surface area contributed by atoms with Gasteiger partial charge in [0.05, 0.1) is 26.5 Å². The van der Waals surface area contributed by atoms with Crippen LogP contribution in [0.4, 0.5) is 4.39 Å². The Morgan fingerprint density at radius 2 is 1.97 bits per heavy atom. The number of hydrogen-bond acceptors (Lipinski definition) is 5. The highest BCUT2D eigenvalue weighted by atomic mass is 32.1. The maximum absolute atomic E-state index is 14.3. The number of aromatic nitrogens is 3. The summed E-state index contributed by atoms with van der Waals surface area (Å²) in [4.78, 5) is 2.32. The van der Waals surface area contributed by atoms with Gasteiger partial charge in [0.1, 0.15) is 17.3 Å². The van der Waals surface area contributed by atoms with Gasteiger partial charge in [-0.15, -0.1) is 0 Å². The van der Waals surface area contributed by atoms with Crippen molar-refractivity contribution in [3.8, 4) is 22.9 Å². The minimum atomic E-state index is -0.312. The molecule has 4 rings (SSSR count). The molecule has 8 heteroatoms. The Hall–Kier alpha value is -2.71. The van der Waals surface area contributed by atoms with Crippen molar-refractivity contribution < 1.29 is 13.9 Å². The molecule has 2 aromatic carbocycles. The summed E-state index contributed by atoms with van der Waals surface area (Å²) < 4.78 is 29.4. The first-order valence-electron chi connectivity index (χ1n) is 9.88. The minimum absolute atomic E-state index is 0.163. The lowest BCUT2D eigenvalue weighted by molar-refractivity contribution is 0.186. The summed E-state index contributed by atoms with van der Waals surface area (Å²) in [7, 11) is 5.16. The molecule has 0 amide bonds.